The number of piperidine rings is 1. The number of carbonyl (C=O) groups excluding carboxylic acids is 2. The second-order valence-corrected chi connectivity index (χ2v) is 4.76. The van der Waals surface area contributed by atoms with E-state index in [1.54, 1.807) is 11.7 Å². The molecular formula is C13H14N4O2. The molecule has 0 radical (unpaired) electrons. The van der Waals surface area contributed by atoms with Crippen molar-refractivity contribution < 1.29 is 9.59 Å². The number of hydrogen-bond acceptors (Lipinski definition) is 4. The highest BCUT2D eigenvalue weighted by atomic mass is 16.2. The van der Waals surface area contributed by atoms with Gasteiger partial charge in [0.2, 0.25) is 11.8 Å². The van der Waals surface area contributed by atoms with Crippen LogP contribution in [0.3, 0.4) is 0 Å². The smallest absolute Gasteiger partial charge is 0.234 e. The van der Waals surface area contributed by atoms with Gasteiger partial charge in [0.15, 0.2) is 0 Å². The third kappa shape index (κ3) is 1.76. The Hall–Kier alpha value is -2.37. The van der Waals surface area contributed by atoms with Crippen molar-refractivity contribution in [1.82, 2.24) is 15.1 Å². The number of amides is 2. The topological polar surface area (TPSA) is 90.0 Å². The van der Waals surface area contributed by atoms with Gasteiger partial charge in [-0.3, -0.25) is 19.6 Å². The summed E-state index contributed by atoms with van der Waals surface area (Å²) in [5.41, 5.74) is 7.50. The van der Waals surface area contributed by atoms with Crippen LogP contribution in [0.1, 0.15) is 24.3 Å². The number of nitrogens with one attached hydrogen (secondary N) is 1. The molecule has 2 amide bonds. The van der Waals surface area contributed by atoms with Crippen LogP contribution in [0.4, 0.5) is 5.82 Å². The van der Waals surface area contributed by atoms with Gasteiger partial charge in [0.25, 0.3) is 0 Å². The molecule has 1 unspecified atom stereocenters. The summed E-state index contributed by atoms with van der Waals surface area (Å²) in [4.78, 5) is 23.1. The zero-order chi connectivity index (χ0) is 13.6. The molecule has 6 heteroatoms. The maximum atomic E-state index is 11.9. The first kappa shape index (κ1) is 11.7. The highest BCUT2D eigenvalue weighted by molar-refractivity contribution is 6.03. The number of nitrogens with zero attached hydrogens (tertiary/aromatic N) is 2. The average Bonchev–Trinajstić information content (AvgIpc) is 2.66. The Labute approximate surface area is 109 Å². The number of benzene rings is 1. The lowest BCUT2D eigenvalue weighted by Crippen LogP contribution is -2.39. The van der Waals surface area contributed by atoms with Crippen LogP contribution in [-0.4, -0.2) is 21.6 Å². The molecule has 1 aliphatic heterocycles. The van der Waals surface area contributed by atoms with Crippen LogP contribution in [-0.2, 0) is 16.6 Å². The lowest BCUT2D eigenvalue weighted by molar-refractivity contribution is -0.134. The van der Waals surface area contributed by atoms with Crippen LogP contribution in [0, 0.1) is 0 Å². The van der Waals surface area contributed by atoms with E-state index in [2.05, 4.69) is 10.4 Å². The summed E-state index contributed by atoms with van der Waals surface area (Å²) in [6.07, 6.45) is 0.870. The van der Waals surface area contributed by atoms with Crippen LogP contribution in [0.2, 0.25) is 0 Å². The van der Waals surface area contributed by atoms with E-state index in [0.29, 0.717) is 18.7 Å². The number of carbonyl (C=O) groups is 2. The molecule has 19 heavy (non-hydrogen) atoms. The third-order valence-corrected chi connectivity index (χ3v) is 3.56. The number of anilines is 1. The Balaban J connectivity index is 2.13. The molecule has 1 aliphatic rings. The SMILES string of the molecule is Cn1nc2c(C3CCC(=O)NC3=O)cccc2c1N. The van der Waals surface area contributed by atoms with Crippen LogP contribution < -0.4 is 11.1 Å². The molecule has 3 rings (SSSR count). The highest BCUT2D eigenvalue weighted by Gasteiger charge is 2.30. The van der Waals surface area contributed by atoms with Gasteiger partial charge in [-0.25, -0.2) is 0 Å². The van der Waals surface area contributed by atoms with E-state index >= 15 is 0 Å². The molecule has 0 bridgehead atoms. The predicted molar refractivity (Wildman–Crippen MR) is 70.3 cm³/mol. The zero-order valence-electron chi connectivity index (χ0n) is 10.5. The number of hydrogen-bond donors (Lipinski definition) is 2. The van der Waals surface area contributed by atoms with E-state index in [-0.39, 0.29) is 17.7 Å². The Morgan fingerprint density at radius 1 is 1.42 bits per heavy atom. The lowest BCUT2D eigenvalue weighted by Gasteiger charge is -2.21. The monoisotopic (exact) mass is 258 g/mol. The minimum absolute atomic E-state index is 0.214. The van der Waals surface area contributed by atoms with E-state index in [1.807, 2.05) is 18.2 Å². The van der Waals surface area contributed by atoms with Crippen molar-refractivity contribution in [2.24, 2.45) is 7.05 Å². The van der Waals surface area contributed by atoms with Crippen molar-refractivity contribution in [2.75, 3.05) is 5.73 Å². The highest BCUT2D eigenvalue weighted by Crippen LogP contribution is 2.32. The van der Waals surface area contributed by atoms with Gasteiger partial charge in [-0.15, -0.1) is 0 Å². The van der Waals surface area contributed by atoms with Gasteiger partial charge in [-0.2, -0.15) is 5.10 Å². The van der Waals surface area contributed by atoms with E-state index < -0.39 is 0 Å². The Morgan fingerprint density at radius 2 is 2.21 bits per heavy atom. The predicted octanol–water partition coefficient (Wildman–Crippen LogP) is 0.676. The number of nitrogen functional groups attached to an aromatic ring is 1. The molecule has 0 saturated carbocycles. The number of aryl methyl sites for hydroxylation is 1. The summed E-state index contributed by atoms with van der Waals surface area (Å²) < 4.78 is 1.60. The molecule has 6 nitrogen and oxygen atoms in total. The fourth-order valence-electron chi connectivity index (χ4n) is 2.53. The minimum atomic E-state index is -0.337. The van der Waals surface area contributed by atoms with Crippen molar-refractivity contribution >= 4 is 28.5 Å². The number of rotatable bonds is 1. The summed E-state index contributed by atoms with van der Waals surface area (Å²) in [6.45, 7) is 0. The second-order valence-electron chi connectivity index (χ2n) is 4.76. The summed E-state index contributed by atoms with van der Waals surface area (Å²) in [7, 11) is 1.77. The van der Waals surface area contributed by atoms with E-state index in [1.165, 1.54) is 0 Å². The Bertz CT molecular complexity index is 689. The van der Waals surface area contributed by atoms with Crippen LogP contribution >= 0.6 is 0 Å². The van der Waals surface area contributed by atoms with E-state index in [9.17, 15) is 9.59 Å². The number of aromatic nitrogens is 2. The molecule has 1 atom stereocenters. The molecule has 1 aromatic carbocycles. The first-order chi connectivity index (χ1) is 9.08. The van der Waals surface area contributed by atoms with Crippen molar-refractivity contribution in [3.8, 4) is 0 Å². The summed E-state index contributed by atoms with van der Waals surface area (Å²) in [5, 5.41) is 7.58. The van der Waals surface area contributed by atoms with Crippen LogP contribution in [0.5, 0.6) is 0 Å². The second kappa shape index (κ2) is 4.08. The minimum Gasteiger partial charge on any atom is -0.383 e. The first-order valence-corrected chi connectivity index (χ1v) is 6.12. The Morgan fingerprint density at radius 3 is 2.95 bits per heavy atom. The fraction of sp³-hybridized carbons (Fsp3) is 0.308. The first-order valence-electron chi connectivity index (χ1n) is 6.12. The number of nitrogens with two attached hydrogens (primary N) is 1. The molecule has 1 fully saturated rings. The number of imide groups is 1. The molecule has 0 aliphatic carbocycles. The van der Waals surface area contributed by atoms with Gasteiger partial charge >= 0.3 is 0 Å². The quantitative estimate of drug-likeness (QED) is 0.736. The summed E-state index contributed by atoms with van der Waals surface area (Å²) >= 11 is 0. The van der Waals surface area contributed by atoms with E-state index in [0.717, 1.165) is 16.5 Å². The van der Waals surface area contributed by atoms with Crippen molar-refractivity contribution in [1.29, 1.82) is 0 Å². The van der Waals surface area contributed by atoms with Gasteiger partial charge in [0.05, 0.1) is 11.4 Å². The van der Waals surface area contributed by atoms with Crippen molar-refractivity contribution in [3.63, 3.8) is 0 Å². The zero-order valence-corrected chi connectivity index (χ0v) is 10.5. The molecule has 0 spiro atoms. The summed E-state index contributed by atoms with van der Waals surface area (Å²) in [5.74, 6) is -0.234. The summed E-state index contributed by atoms with van der Waals surface area (Å²) in [6, 6.07) is 5.61. The van der Waals surface area contributed by atoms with E-state index in [4.69, 9.17) is 5.73 Å². The van der Waals surface area contributed by atoms with Crippen molar-refractivity contribution in [3.05, 3.63) is 23.8 Å². The Kier molecular flexibility index (Phi) is 2.51. The normalized spacial score (nSPS) is 19.7. The van der Waals surface area contributed by atoms with Crippen LogP contribution in [0.25, 0.3) is 10.9 Å². The molecule has 2 heterocycles. The van der Waals surface area contributed by atoms with Gasteiger partial charge in [-0.1, -0.05) is 12.1 Å². The fourth-order valence-corrected chi connectivity index (χ4v) is 2.53. The van der Waals surface area contributed by atoms with Gasteiger partial charge < -0.3 is 5.73 Å². The van der Waals surface area contributed by atoms with Crippen LogP contribution in [0.15, 0.2) is 18.2 Å². The van der Waals surface area contributed by atoms with Gasteiger partial charge in [0, 0.05) is 18.9 Å². The molecule has 98 valence electrons. The largest absolute Gasteiger partial charge is 0.383 e. The lowest BCUT2D eigenvalue weighted by atomic mass is 9.89. The van der Waals surface area contributed by atoms with Gasteiger partial charge in [-0.05, 0) is 18.1 Å². The molecule has 1 saturated heterocycles. The maximum Gasteiger partial charge on any atom is 0.234 e. The molecule has 3 N–H and O–H groups in total. The maximum absolute atomic E-state index is 11.9. The standard InChI is InChI=1S/C13H14N4O2/c1-17-12(14)9-4-2-3-7(11(9)16-17)8-5-6-10(18)15-13(8)19/h2-4,8H,5-6,14H2,1H3,(H,15,18,19). The molecule has 1 aromatic heterocycles. The molecular weight excluding hydrogens is 244 g/mol. The number of fused-ring (bicyclic) bond motifs is 1. The van der Waals surface area contributed by atoms with Gasteiger partial charge in [0.1, 0.15) is 5.82 Å². The third-order valence-electron chi connectivity index (χ3n) is 3.56. The molecule has 2 aromatic rings. The average molecular weight is 258 g/mol. The van der Waals surface area contributed by atoms with Crippen molar-refractivity contribution in [2.45, 2.75) is 18.8 Å².